The van der Waals surface area contributed by atoms with E-state index in [4.69, 9.17) is 4.74 Å². The first-order valence-corrected chi connectivity index (χ1v) is 5.72. The monoisotopic (exact) mass is 211 g/mol. The number of hydrogen-bond donors (Lipinski definition) is 0. The summed E-state index contributed by atoms with van der Waals surface area (Å²) in [7, 11) is 0. The topological polar surface area (TPSA) is 29.5 Å². The Balaban J connectivity index is 2.65. The molecule has 0 aromatic carbocycles. The molecule has 1 amide bonds. The third kappa shape index (κ3) is 3.06. The van der Waals surface area contributed by atoms with Gasteiger partial charge in [0.1, 0.15) is 0 Å². The van der Waals surface area contributed by atoms with Crippen LogP contribution in [0.15, 0.2) is 11.6 Å². The van der Waals surface area contributed by atoms with Gasteiger partial charge in [0.15, 0.2) is 0 Å². The lowest BCUT2D eigenvalue weighted by molar-refractivity contribution is -0.130. The molecule has 86 valence electrons. The first-order chi connectivity index (χ1) is 7.20. The molecule has 1 fully saturated rings. The molecule has 15 heavy (non-hydrogen) atoms. The molecule has 1 aliphatic rings. The van der Waals surface area contributed by atoms with Crippen molar-refractivity contribution in [3.05, 3.63) is 11.6 Å². The summed E-state index contributed by atoms with van der Waals surface area (Å²) < 4.78 is 5.31. The number of nitrogens with zero attached hydrogens (tertiary/aromatic N) is 1. The molecular formula is C12H21NO2. The highest BCUT2D eigenvalue weighted by Crippen LogP contribution is 2.16. The van der Waals surface area contributed by atoms with Crippen LogP contribution in [0.25, 0.3) is 0 Å². The second-order valence-electron chi connectivity index (χ2n) is 3.91. The van der Waals surface area contributed by atoms with Crippen molar-refractivity contribution in [2.75, 3.05) is 19.8 Å². The average molecular weight is 211 g/mol. The van der Waals surface area contributed by atoms with E-state index in [1.165, 1.54) is 0 Å². The summed E-state index contributed by atoms with van der Waals surface area (Å²) >= 11 is 0. The summed E-state index contributed by atoms with van der Waals surface area (Å²) in [4.78, 5) is 14.0. The molecule has 0 spiro atoms. The van der Waals surface area contributed by atoms with Gasteiger partial charge in [-0.25, -0.2) is 0 Å². The van der Waals surface area contributed by atoms with Crippen molar-refractivity contribution in [3.63, 3.8) is 0 Å². The van der Waals surface area contributed by atoms with Crippen molar-refractivity contribution in [1.29, 1.82) is 0 Å². The number of carbonyl (C=O) groups excluding carboxylic acids is 1. The van der Waals surface area contributed by atoms with Gasteiger partial charge in [-0.3, -0.25) is 4.79 Å². The van der Waals surface area contributed by atoms with Crippen LogP contribution in [0.2, 0.25) is 0 Å². The van der Waals surface area contributed by atoms with Crippen LogP contribution in [-0.4, -0.2) is 36.6 Å². The zero-order valence-corrected chi connectivity index (χ0v) is 9.95. The predicted molar refractivity (Wildman–Crippen MR) is 60.7 cm³/mol. The number of hydrogen-bond acceptors (Lipinski definition) is 2. The van der Waals surface area contributed by atoms with E-state index in [1.807, 2.05) is 31.7 Å². The van der Waals surface area contributed by atoms with Crippen LogP contribution in [0.4, 0.5) is 0 Å². The third-order valence-corrected chi connectivity index (χ3v) is 3.00. The molecule has 0 N–H and O–H groups in total. The molecule has 0 aromatic rings. The minimum absolute atomic E-state index is 0.173. The Morgan fingerprint density at radius 1 is 1.47 bits per heavy atom. The molecule has 0 unspecified atom stereocenters. The molecule has 1 aliphatic heterocycles. The molecule has 0 aromatic heterocycles. The summed E-state index contributed by atoms with van der Waals surface area (Å²) in [5.74, 6) is 0.173. The summed E-state index contributed by atoms with van der Waals surface area (Å²) in [5, 5.41) is 0. The van der Waals surface area contributed by atoms with E-state index < -0.39 is 0 Å². The Labute approximate surface area is 92.1 Å². The summed E-state index contributed by atoms with van der Waals surface area (Å²) in [6, 6.07) is 0.367. The van der Waals surface area contributed by atoms with Crippen LogP contribution >= 0.6 is 0 Å². The van der Waals surface area contributed by atoms with E-state index in [1.54, 1.807) is 0 Å². The van der Waals surface area contributed by atoms with Gasteiger partial charge in [-0.1, -0.05) is 6.08 Å². The molecule has 0 bridgehead atoms. The quantitative estimate of drug-likeness (QED) is 0.668. The minimum Gasteiger partial charge on any atom is -0.381 e. The van der Waals surface area contributed by atoms with E-state index in [2.05, 4.69) is 0 Å². The largest absolute Gasteiger partial charge is 0.381 e. The minimum atomic E-state index is 0.173. The predicted octanol–water partition coefficient (Wildman–Crippen LogP) is 1.98. The first kappa shape index (κ1) is 12.2. The second kappa shape index (κ2) is 5.91. The van der Waals surface area contributed by atoms with Crippen LogP contribution in [0, 0.1) is 0 Å². The Morgan fingerprint density at radius 2 is 2.07 bits per heavy atom. The Kier molecular flexibility index (Phi) is 4.82. The summed E-state index contributed by atoms with van der Waals surface area (Å²) in [6.45, 7) is 8.17. The van der Waals surface area contributed by atoms with E-state index in [0.29, 0.717) is 6.04 Å². The normalized spacial score (nSPS) is 19.0. The second-order valence-corrected chi connectivity index (χ2v) is 3.91. The molecule has 0 radical (unpaired) electrons. The van der Waals surface area contributed by atoms with Crippen molar-refractivity contribution < 1.29 is 9.53 Å². The van der Waals surface area contributed by atoms with E-state index in [0.717, 1.165) is 38.2 Å². The molecule has 0 aliphatic carbocycles. The van der Waals surface area contributed by atoms with Gasteiger partial charge in [0.2, 0.25) is 5.91 Å². The molecule has 0 saturated carbocycles. The highest BCUT2D eigenvalue weighted by molar-refractivity contribution is 5.92. The number of rotatable bonds is 3. The fourth-order valence-electron chi connectivity index (χ4n) is 1.91. The summed E-state index contributed by atoms with van der Waals surface area (Å²) in [5.41, 5.74) is 0.836. The molecular weight excluding hydrogens is 190 g/mol. The van der Waals surface area contributed by atoms with Gasteiger partial charge in [0.05, 0.1) is 0 Å². The number of carbonyl (C=O) groups is 1. The lowest BCUT2D eigenvalue weighted by Gasteiger charge is -2.33. The smallest absolute Gasteiger partial charge is 0.249 e. The van der Waals surface area contributed by atoms with Crippen LogP contribution in [0.5, 0.6) is 0 Å². The standard InChI is InChI=1S/C12H21NO2/c1-4-10(3)12(14)13(5-2)11-6-8-15-9-7-11/h4,11H,5-9H2,1-3H3/b10-4-. The Morgan fingerprint density at radius 3 is 2.53 bits per heavy atom. The number of allylic oxidation sites excluding steroid dienone is 1. The van der Waals surface area contributed by atoms with Gasteiger partial charge in [-0.05, 0) is 33.6 Å². The first-order valence-electron chi connectivity index (χ1n) is 5.72. The molecule has 1 heterocycles. The lowest BCUT2D eigenvalue weighted by Crippen LogP contribution is -2.43. The molecule has 0 atom stereocenters. The Hall–Kier alpha value is -0.830. The molecule has 1 rings (SSSR count). The van der Waals surface area contributed by atoms with Crippen molar-refractivity contribution >= 4 is 5.91 Å². The fourth-order valence-corrected chi connectivity index (χ4v) is 1.91. The van der Waals surface area contributed by atoms with Crippen LogP contribution < -0.4 is 0 Å². The van der Waals surface area contributed by atoms with Crippen LogP contribution in [0.1, 0.15) is 33.6 Å². The van der Waals surface area contributed by atoms with Gasteiger partial charge >= 0.3 is 0 Å². The molecule has 1 saturated heterocycles. The zero-order chi connectivity index (χ0) is 11.3. The maximum absolute atomic E-state index is 12.0. The van der Waals surface area contributed by atoms with E-state index in [-0.39, 0.29) is 5.91 Å². The highest BCUT2D eigenvalue weighted by atomic mass is 16.5. The van der Waals surface area contributed by atoms with E-state index >= 15 is 0 Å². The lowest BCUT2D eigenvalue weighted by atomic mass is 10.1. The zero-order valence-electron chi connectivity index (χ0n) is 9.95. The van der Waals surface area contributed by atoms with Crippen molar-refractivity contribution in [2.24, 2.45) is 0 Å². The van der Waals surface area contributed by atoms with E-state index in [9.17, 15) is 4.79 Å². The summed E-state index contributed by atoms with van der Waals surface area (Å²) in [6.07, 6.45) is 3.82. The van der Waals surface area contributed by atoms with Gasteiger partial charge in [-0.15, -0.1) is 0 Å². The number of amides is 1. The highest BCUT2D eigenvalue weighted by Gasteiger charge is 2.24. The average Bonchev–Trinajstić information content (AvgIpc) is 2.30. The van der Waals surface area contributed by atoms with Gasteiger partial charge in [0, 0.05) is 31.4 Å². The van der Waals surface area contributed by atoms with Gasteiger partial charge < -0.3 is 9.64 Å². The van der Waals surface area contributed by atoms with Gasteiger partial charge in [-0.2, -0.15) is 0 Å². The SMILES string of the molecule is C/C=C(/C)C(=O)N(CC)C1CCOCC1. The van der Waals surface area contributed by atoms with Crippen molar-refractivity contribution in [2.45, 2.75) is 39.7 Å². The molecule has 3 nitrogen and oxygen atoms in total. The van der Waals surface area contributed by atoms with Crippen molar-refractivity contribution in [3.8, 4) is 0 Å². The maximum Gasteiger partial charge on any atom is 0.249 e. The maximum atomic E-state index is 12.0. The van der Waals surface area contributed by atoms with Crippen molar-refractivity contribution in [1.82, 2.24) is 4.90 Å². The fraction of sp³-hybridized carbons (Fsp3) is 0.750. The number of likely N-dealkylation sites (N-methyl/N-ethyl adjacent to an activating group) is 1. The molecule has 3 heteroatoms. The Bertz CT molecular complexity index is 242. The van der Waals surface area contributed by atoms with Crippen LogP contribution in [0.3, 0.4) is 0 Å². The van der Waals surface area contributed by atoms with Gasteiger partial charge in [0.25, 0.3) is 0 Å². The number of ether oxygens (including phenoxy) is 1. The third-order valence-electron chi connectivity index (χ3n) is 3.00. The van der Waals surface area contributed by atoms with Crippen LogP contribution in [-0.2, 0) is 9.53 Å².